The van der Waals surface area contributed by atoms with E-state index >= 15 is 4.39 Å². The summed E-state index contributed by atoms with van der Waals surface area (Å²) in [6, 6.07) is 4.61. The molecule has 9 heteroatoms. The number of likely N-dealkylation sites (tertiary alicyclic amines) is 1. The maximum absolute atomic E-state index is 15.6. The van der Waals surface area contributed by atoms with Crippen LogP contribution in [-0.4, -0.2) is 44.3 Å². The summed E-state index contributed by atoms with van der Waals surface area (Å²) in [6.07, 6.45) is 7.64. The van der Waals surface area contributed by atoms with Crippen molar-refractivity contribution >= 4 is 39.9 Å². The molecule has 192 valence electrons. The second kappa shape index (κ2) is 9.80. The number of carbonyl (C=O) groups is 2. The van der Waals surface area contributed by atoms with Gasteiger partial charge in [-0.15, -0.1) is 0 Å². The predicted molar refractivity (Wildman–Crippen MR) is 143 cm³/mol. The summed E-state index contributed by atoms with van der Waals surface area (Å²) in [5.74, 6) is -0.347. The van der Waals surface area contributed by atoms with Crippen molar-refractivity contribution in [3.63, 3.8) is 0 Å². The standard InChI is InChI=1S/C28H31FN6O2/c1-16(2)27(36)33-19-10-11-20(21(29)14-19)24-22(23-25(30)31-15-32-26(23)34(24)3)17-6-8-18(9-7-17)28(37)35-12-4-5-13-35/h6,10-11,14-15,18H,1,4-5,7-9,12-13H2,2-3H3,(H,33,36)(H2,30,31,32)/t18-/m1/s1. The Balaban J connectivity index is 1.56. The molecule has 2 aliphatic rings. The van der Waals surface area contributed by atoms with Crippen LogP contribution >= 0.6 is 0 Å². The lowest BCUT2D eigenvalue weighted by atomic mass is 9.84. The number of amides is 2. The van der Waals surface area contributed by atoms with Crippen molar-refractivity contribution in [2.75, 3.05) is 24.1 Å². The number of anilines is 2. The Hall–Kier alpha value is -4.01. The molecule has 0 unspecified atom stereocenters. The third-order valence-corrected chi connectivity index (χ3v) is 7.37. The fourth-order valence-corrected chi connectivity index (χ4v) is 5.41. The van der Waals surface area contributed by atoms with E-state index in [-0.39, 0.29) is 17.7 Å². The van der Waals surface area contributed by atoms with Gasteiger partial charge in [-0.05, 0) is 62.8 Å². The van der Waals surface area contributed by atoms with Crippen molar-refractivity contribution in [1.82, 2.24) is 19.4 Å². The van der Waals surface area contributed by atoms with Gasteiger partial charge in [-0.2, -0.15) is 0 Å². The van der Waals surface area contributed by atoms with Gasteiger partial charge in [-0.25, -0.2) is 14.4 Å². The lowest BCUT2D eigenvalue weighted by molar-refractivity contribution is -0.134. The third kappa shape index (κ3) is 4.50. The highest BCUT2D eigenvalue weighted by atomic mass is 19.1. The number of halogens is 1. The van der Waals surface area contributed by atoms with Crippen LogP contribution in [0.1, 0.15) is 44.6 Å². The van der Waals surface area contributed by atoms with Crippen LogP contribution < -0.4 is 11.1 Å². The van der Waals surface area contributed by atoms with Gasteiger partial charge in [-0.1, -0.05) is 12.7 Å². The van der Waals surface area contributed by atoms with Crippen LogP contribution in [0.2, 0.25) is 0 Å². The smallest absolute Gasteiger partial charge is 0.250 e. The van der Waals surface area contributed by atoms with E-state index in [1.165, 1.54) is 12.4 Å². The van der Waals surface area contributed by atoms with Gasteiger partial charge in [0.2, 0.25) is 5.91 Å². The van der Waals surface area contributed by atoms with Crippen molar-refractivity contribution in [3.05, 3.63) is 54.1 Å². The van der Waals surface area contributed by atoms with Crippen LogP contribution in [0.25, 0.3) is 27.9 Å². The molecule has 0 saturated carbocycles. The van der Waals surface area contributed by atoms with Crippen molar-refractivity contribution < 1.29 is 14.0 Å². The van der Waals surface area contributed by atoms with Gasteiger partial charge < -0.3 is 20.5 Å². The van der Waals surface area contributed by atoms with E-state index in [0.29, 0.717) is 52.2 Å². The van der Waals surface area contributed by atoms with E-state index in [2.05, 4.69) is 27.9 Å². The number of allylic oxidation sites excluding steroid dienone is 2. The minimum atomic E-state index is -0.489. The first-order chi connectivity index (χ1) is 17.8. The van der Waals surface area contributed by atoms with Crippen LogP contribution in [0.3, 0.4) is 0 Å². The van der Waals surface area contributed by atoms with Gasteiger partial charge in [0.1, 0.15) is 23.6 Å². The fraction of sp³-hybridized carbons (Fsp3) is 0.357. The van der Waals surface area contributed by atoms with Crippen LogP contribution in [0.15, 0.2) is 42.8 Å². The number of hydrogen-bond acceptors (Lipinski definition) is 5. The number of nitrogens with zero attached hydrogens (tertiary/aromatic N) is 4. The highest BCUT2D eigenvalue weighted by Gasteiger charge is 2.31. The topological polar surface area (TPSA) is 106 Å². The molecule has 2 amide bonds. The number of nitrogen functional groups attached to an aromatic ring is 1. The Bertz CT molecular complexity index is 1450. The first-order valence-corrected chi connectivity index (χ1v) is 12.6. The summed E-state index contributed by atoms with van der Waals surface area (Å²) in [7, 11) is 1.83. The molecule has 1 fully saturated rings. The number of benzene rings is 1. The summed E-state index contributed by atoms with van der Waals surface area (Å²) in [5, 5.41) is 3.33. The van der Waals surface area contributed by atoms with Crippen LogP contribution in [-0.2, 0) is 16.6 Å². The molecule has 0 bridgehead atoms. The average Bonchev–Trinajstić information content (AvgIpc) is 3.52. The molecule has 1 aliphatic heterocycles. The van der Waals surface area contributed by atoms with E-state index in [0.717, 1.165) is 43.5 Å². The average molecular weight is 503 g/mol. The molecular formula is C28H31FN6O2. The molecule has 0 radical (unpaired) electrons. The number of rotatable bonds is 5. The summed E-state index contributed by atoms with van der Waals surface area (Å²) < 4.78 is 17.4. The van der Waals surface area contributed by atoms with Crippen molar-refractivity contribution in [1.29, 1.82) is 0 Å². The molecule has 5 rings (SSSR count). The van der Waals surface area contributed by atoms with Crippen molar-refractivity contribution in [2.24, 2.45) is 13.0 Å². The minimum Gasteiger partial charge on any atom is -0.383 e. The minimum absolute atomic E-state index is 0.0400. The number of nitrogens with one attached hydrogen (secondary N) is 1. The molecule has 0 spiro atoms. The van der Waals surface area contributed by atoms with Gasteiger partial charge in [0.15, 0.2) is 0 Å². The zero-order valence-electron chi connectivity index (χ0n) is 21.2. The largest absolute Gasteiger partial charge is 0.383 e. The molecule has 1 aromatic carbocycles. The lowest BCUT2D eigenvalue weighted by Crippen LogP contribution is -2.34. The summed E-state index contributed by atoms with van der Waals surface area (Å²) in [4.78, 5) is 35.6. The first-order valence-electron chi connectivity index (χ1n) is 12.6. The highest BCUT2D eigenvalue weighted by Crippen LogP contribution is 2.43. The molecule has 8 nitrogen and oxygen atoms in total. The first kappa shape index (κ1) is 24.7. The van der Waals surface area contributed by atoms with Crippen LogP contribution in [0.4, 0.5) is 15.9 Å². The summed E-state index contributed by atoms with van der Waals surface area (Å²) in [6.45, 7) is 6.90. The molecular weight excluding hydrogens is 471 g/mol. The van der Waals surface area contributed by atoms with Gasteiger partial charge >= 0.3 is 0 Å². The maximum atomic E-state index is 15.6. The van der Waals surface area contributed by atoms with E-state index in [4.69, 9.17) is 5.73 Å². The third-order valence-electron chi connectivity index (χ3n) is 7.37. The van der Waals surface area contributed by atoms with Gasteiger partial charge in [0.05, 0.1) is 11.1 Å². The molecule has 1 saturated heterocycles. The Morgan fingerprint density at radius 1 is 1.22 bits per heavy atom. The monoisotopic (exact) mass is 502 g/mol. The van der Waals surface area contributed by atoms with E-state index in [1.807, 2.05) is 16.5 Å². The number of hydrogen-bond donors (Lipinski definition) is 2. The fourth-order valence-electron chi connectivity index (χ4n) is 5.41. The molecule has 3 aromatic rings. The number of aryl methyl sites for hydroxylation is 1. The second-order valence-electron chi connectivity index (χ2n) is 9.90. The van der Waals surface area contributed by atoms with Crippen LogP contribution in [0.5, 0.6) is 0 Å². The zero-order chi connectivity index (χ0) is 26.3. The quantitative estimate of drug-likeness (QED) is 0.493. The number of aromatic nitrogens is 3. The molecule has 3 heterocycles. The van der Waals surface area contributed by atoms with Gasteiger partial charge in [0, 0.05) is 48.4 Å². The Labute approximate surface area is 215 Å². The Morgan fingerprint density at radius 3 is 2.62 bits per heavy atom. The summed E-state index contributed by atoms with van der Waals surface area (Å²) in [5.41, 5.74) is 10.4. The van der Waals surface area contributed by atoms with Gasteiger partial charge in [0.25, 0.3) is 5.91 Å². The predicted octanol–water partition coefficient (Wildman–Crippen LogP) is 4.68. The normalized spacial score (nSPS) is 17.6. The second-order valence-corrected chi connectivity index (χ2v) is 9.90. The Morgan fingerprint density at radius 2 is 1.97 bits per heavy atom. The molecule has 3 N–H and O–H groups in total. The van der Waals surface area contributed by atoms with E-state index in [1.54, 1.807) is 19.1 Å². The van der Waals surface area contributed by atoms with E-state index in [9.17, 15) is 9.59 Å². The Kier molecular flexibility index (Phi) is 6.54. The molecule has 37 heavy (non-hydrogen) atoms. The van der Waals surface area contributed by atoms with Crippen molar-refractivity contribution in [3.8, 4) is 11.3 Å². The van der Waals surface area contributed by atoms with E-state index < -0.39 is 5.82 Å². The maximum Gasteiger partial charge on any atom is 0.250 e. The van der Waals surface area contributed by atoms with Gasteiger partial charge in [-0.3, -0.25) is 9.59 Å². The zero-order valence-corrected chi connectivity index (χ0v) is 21.2. The summed E-state index contributed by atoms with van der Waals surface area (Å²) >= 11 is 0. The molecule has 1 aliphatic carbocycles. The SMILES string of the molecule is C=C(C)C(=O)Nc1ccc(-c2c(C3=CC[C@@H](C(=O)N4CCCC4)CC3)c3c(N)ncnc3n2C)c(F)c1. The van der Waals surface area contributed by atoms with Crippen LogP contribution in [0, 0.1) is 11.7 Å². The number of carbonyl (C=O) groups excluding carboxylic acids is 2. The highest BCUT2D eigenvalue weighted by molar-refractivity contribution is 6.05. The van der Waals surface area contributed by atoms with Crippen molar-refractivity contribution in [2.45, 2.75) is 39.0 Å². The molecule has 2 aromatic heterocycles. The number of nitrogens with two attached hydrogens (primary N) is 1. The molecule has 1 atom stereocenters. The lowest BCUT2D eigenvalue weighted by Gasteiger charge is -2.26. The number of fused-ring (bicyclic) bond motifs is 1.